The van der Waals surface area contributed by atoms with Crippen molar-refractivity contribution in [2.24, 2.45) is 0 Å². The predicted octanol–water partition coefficient (Wildman–Crippen LogP) is 8.37. The van der Waals surface area contributed by atoms with E-state index >= 15 is 0 Å². The van der Waals surface area contributed by atoms with E-state index in [1.165, 1.54) is 21.5 Å². The number of pyridine rings is 3. The topological polar surface area (TPSA) is 48.5 Å². The zero-order chi connectivity index (χ0) is 26.2. The molecule has 5 aromatic heterocycles. The maximum absolute atomic E-state index is 5.32. The van der Waals surface area contributed by atoms with Crippen LogP contribution in [0.4, 0.5) is 0 Å². The number of benzene rings is 4. The van der Waals surface area contributed by atoms with Crippen molar-refractivity contribution in [1.82, 2.24) is 24.1 Å². The number of rotatable bonds is 2. The van der Waals surface area contributed by atoms with E-state index in [1.54, 1.807) is 0 Å². The van der Waals surface area contributed by atoms with E-state index < -0.39 is 0 Å². The van der Waals surface area contributed by atoms with Crippen molar-refractivity contribution in [2.75, 3.05) is 0 Å². The van der Waals surface area contributed by atoms with Gasteiger partial charge in [-0.05, 0) is 53.2 Å². The maximum atomic E-state index is 5.32. The van der Waals surface area contributed by atoms with Gasteiger partial charge in [-0.1, -0.05) is 72.8 Å². The van der Waals surface area contributed by atoms with Gasteiger partial charge in [-0.2, -0.15) is 0 Å². The van der Waals surface area contributed by atoms with Gasteiger partial charge in [-0.3, -0.25) is 9.97 Å². The molecule has 5 nitrogen and oxygen atoms in total. The molecule has 9 aromatic rings. The van der Waals surface area contributed by atoms with Gasteiger partial charge in [0.25, 0.3) is 0 Å². The zero-order valence-electron chi connectivity index (χ0n) is 21.4. The fourth-order valence-corrected chi connectivity index (χ4v) is 6.29. The van der Waals surface area contributed by atoms with Crippen LogP contribution in [0.1, 0.15) is 0 Å². The van der Waals surface area contributed by atoms with Gasteiger partial charge >= 0.3 is 0 Å². The van der Waals surface area contributed by atoms with Crippen molar-refractivity contribution < 1.29 is 0 Å². The molecular formula is C35H21N5. The summed E-state index contributed by atoms with van der Waals surface area (Å²) >= 11 is 0. The molecule has 0 N–H and O–H groups in total. The highest BCUT2D eigenvalue weighted by Crippen LogP contribution is 2.38. The summed E-state index contributed by atoms with van der Waals surface area (Å²) in [5, 5.41) is 4.76. The SMILES string of the molecule is c1ccc2c(-n3c4cccnc4c4nc5c6ncccc6n(-c6cccc7ccccc67)c5cc43)cccc2c1. The molecule has 186 valence electrons. The second-order valence-electron chi connectivity index (χ2n) is 10.1. The fraction of sp³-hybridized carbons (Fsp3) is 0. The summed E-state index contributed by atoms with van der Waals surface area (Å²) in [5.41, 5.74) is 9.83. The molecule has 0 unspecified atom stereocenters. The van der Waals surface area contributed by atoms with E-state index in [4.69, 9.17) is 15.0 Å². The highest BCUT2D eigenvalue weighted by Gasteiger charge is 2.22. The Morgan fingerprint density at radius 2 is 0.875 bits per heavy atom. The molecule has 0 radical (unpaired) electrons. The molecular weight excluding hydrogens is 490 g/mol. The molecule has 0 aliphatic heterocycles. The van der Waals surface area contributed by atoms with Crippen LogP contribution in [0.5, 0.6) is 0 Å². The molecule has 0 bridgehead atoms. The summed E-state index contributed by atoms with van der Waals surface area (Å²) in [4.78, 5) is 15.0. The highest BCUT2D eigenvalue weighted by molar-refractivity contribution is 6.14. The first kappa shape index (κ1) is 21.4. The number of hydrogen-bond acceptors (Lipinski definition) is 3. The van der Waals surface area contributed by atoms with Crippen LogP contribution < -0.4 is 0 Å². The summed E-state index contributed by atoms with van der Waals surface area (Å²) in [5.74, 6) is 0. The van der Waals surface area contributed by atoms with Crippen LogP contribution in [0.2, 0.25) is 0 Å². The Bertz CT molecular complexity index is 2270. The Balaban J connectivity index is 1.49. The van der Waals surface area contributed by atoms with Crippen LogP contribution in [-0.2, 0) is 0 Å². The van der Waals surface area contributed by atoms with E-state index in [2.05, 4.69) is 112 Å². The lowest BCUT2D eigenvalue weighted by Crippen LogP contribution is -1.98. The minimum atomic E-state index is 0.874. The number of aromatic nitrogens is 5. The quantitative estimate of drug-likeness (QED) is 0.234. The molecule has 0 atom stereocenters. The molecule has 40 heavy (non-hydrogen) atoms. The lowest BCUT2D eigenvalue weighted by atomic mass is 10.1. The number of fused-ring (bicyclic) bond motifs is 8. The summed E-state index contributed by atoms with van der Waals surface area (Å²) in [6.45, 7) is 0. The van der Waals surface area contributed by atoms with Crippen molar-refractivity contribution in [2.45, 2.75) is 0 Å². The molecule has 0 aliphatic carbocycles. The Hall–Kier alpha value is -5.55. The molecule has 0 aliphatic rings. The van der Waals surface area contributed by atoms with Crippen molar-refractivity contribution in [3.05, 3.63) is 128 Å². The monoisotopic (exact) mass is 511 g/mol. The molecule has 5 heterocycles. The smallest absolute Gasteiger partial charge is 0.116 e. The van der Waals surface area contributed by atoms with Gasteiger partial charge in [0, 0.05) is 23.2 Å². The molecule has 4 aromatic carbocycles. The lowest BCUT2D eigenvalue weighted by Gasteiger charge is -2.13. The van der Waals surface area contributed by atoms with Crippen LogP contribution in [-0.4, -0.2) is 24.1 Å². The standard InChI is InChI=1S/C35H21N5/c1-3-13-24-22(9-1)11-5-15-26(24)39-28-17-7-19-36-32(28)34-30(39)21-31-35(38-34)33-29(18-8-20-37-33)40(31)27-16-6-12-23-10-2-4-14-25(23)27/h1-21H. The number of hydrogen-bond donors (Lipinski definition) is 0. The van der Waals surface area contributed by atoms with E-state index in [0.29, 0.717) is 0 Å². The van der Waals surface area contributed by atoms with Gasteiger partial charge in [-0.15, -0.1) is 0 Å². The summed E-state index contributed by atoms with van der Waals surface area (Å²) in [7, 11) is 0. The van der Waals surface area contributed by atoms with Gasteiger partial charge in [0.1, 0.15) is 22.1 Å². The van der Waals surface area contributed by atoms with Gasteiger partial charge in [0.2, 0.25) is 0 Å². The second kappa shape index (κ2) is 7.98. The Morgan fingerprint density at radius 1 is 0.400 bits per heavy atom. The third-order valence-electron chi connectivity index (χ3n) is 7.98. The van der Waals surface area contributed by atoms with Crippen LogP contribution in [0, 0.1) is 0 Å². The average Bonchev–Trinajstić information content (AvgIpc) is 3.51. The van der Waals surface area contributed by atoms with Crippen LogP contribution in [0.3, 0.4) is 0 Å². The van der Waals surface area contributed by atoms with Crippen LogP contribution >= 0.6 is 0 Å². The van der Waals surface area contributed by atoms with E-state index in [1.807, 2.05) is 24.5 Å². The first-order valence-electron chi connectivity index (χ1n) is 13.4. The third kappa shape index (κ3) is 2.83. The first-order chi connectivity index (χ1) is 19.9. The van der Waals surface area contributed by atoms with Crippen molar-refractivity contribution in [3.63, 3.8) is 0 Å². The minimum Gasteiger partial charge on any atom is -0.305 e. The van der Waals surface area contributed by atoms with E-state index in [-0.39, 0.29) is 0 Å². The third-order valence-corrected chi connectivity index (χ3v) is 7.98. The molecule has 0 spiro atoms. The molecule has 0 saturated heterocycles. The molecule has 5 heteroatoms. The second-order valence-corrected chi connectivity index (χ2v) is 10.1. The predicted molar refractivity (Wildman–Crippen MR) is 164 cm³/mol. The average molecular weight is 512 g/mol. The van der Waals surface area contributed by atoms with Gasteiger partial charge < -0.3 is 9.13 Å². The maximum Gasteiger partial charge on any atom is 0.116 e. The van der Waals surface area contributed by atoms with Gasteiger partial charge in [0.15, 0.2) is 0 Å². The van der Waals surface area contributed by atoms with Gasteiger partial charge in [0.05, 0.1) is 33.4 Å². The highest BCUT2D eigenvalue weighted by atomic mass is 15.1. The summed E-state index contributed by atoms with van der Waals surface area (Å²) in [6.07, 6.45) is 3.69. The number of nitrogens with zero attached hydrogens (tertiary/aromatic N) is 5. The van der Waals surface area contributed by atoms with E-state index in [0.717, 1.165) is 55.5 Å². The van der Waals surface area contributed by atoms with Crippen molar-refractivity contribution >= 4 is 65.7 Å². The molecule has 0 amide bonds. The van der Waals surface area contributed by atoms with Crippen LogP contribution in [0.25, 0.3) is 77.1 Å². The lowest BCUT2D eigenvalue weighted by molar-refractivity contribution is 1.17. The van der Waals surface area contributed by atoms with Crippen molar-refractivity contribution in [1.29, 1.82) is 0 Å². The summed E-state index contributed by atoms with van der Waals surface area (Å²) in [6, 6.07) is 40.5. The zero-order valence-corrected chi connectivity index (χ0v) is 21.4. The molecule has 0 fully saturated rings. The van der Waals surface area contributed by atoms with Crippen LogP contribution in [0.15, 0.2) is 128 Å². The van der Waals surface area contributed by atoms with E-state index in [9.17, 15) is 0 Å². The Labute approximate surface area is 228 Å². The fourth-order valence-electron chi connectivity index (χ4n) is 6.29. The first-order valence-corrected chi connectivity index (χ1v) is 13.4. The molecule has 0 saturated carbocycles. The molecule has 9 rings (SSSR count). The largest absolute Gasteiger partial charge is 0.305 e. The Kier molecular flexibility index (Phi) is 4.27. The van der Waals surface area contributed by atoms with Gasteiger partial charge in [-0.25, -0.2) is 4.98 Å². The minimum absolute atomic E-state index is 0.874. The summed E-state index contributed by atoms with van der Waals surface area (Å²) < 4.78 is 4.62. The normalized spacial score (nSPS) is 12.0. The van der Waals surface area contributed by atoms with Crippen molar-refractivity contribution in [3.8, 4) is 11.4 Å². The Morgan fingerprint density at radius 3 is 1.40 bits per heavy atom.